The van der Waals surface area contributed by atoms with Crippen LogP contribution >= 0.6 is 47.9 Å². The Morgan fingerprint density at radius 1 is 1.57 bits per heavy atom. The Morgan fingerprint density at radius 3 is 1.57 bits per heavy atom. The van der Waals surface area contributed by atoms with Gasteiger partial charge in [-0.15, -0.1) is 12.4 Å². The van der Waals surface area contributed by atoms with Gasteiger partial charge >= 0.3 is 51.2 Å². The summed E-state index contributed by atoms with van der Waals surface area (Å²) >= 11 is 4.96. The van der Waals surface area contributed by atoms with Crippen LogP contribution in [0.2, 0.25) is 0 Å². The molecule has 0 fully saturated rings. The summed E-state index contributed by atoms with van der Waals surface area (Å²) < 4.78 is 0. The number of hydrogen-bond donors (Lipinski definition) is 2. The van der Waals surface area contributed by atoms with Gasteiger partial charge in [-0.3, -0.25) is 5.41 Å². The van der Waals surface area contributed by atoms with E-state index in [2.05, 4.69) is 41.3 Å². The van der Waals surface area contributed by atoms with Gasteiger partial charge in [0.05, 0.1) is 6.34 Å². The van der Waals surface area contributed by atoms with E-state index in [4.69, 9.17) is 5.41 Å². The van der Waals surface area contributed by atoms with E-state index in [0.29, 0.717) is 0 Å². The predicted molar refractivity (Wildman–Crippen MR) is 54.0 cm³/mol. The standard InChI is InChI=1S/CH4N2.ClH.2HI.Pb/c2-1-3;;;;/h1H,(H3,2,3);3*1H;/q;;;;+2/p-2. The van der Waals surface area contributed by atoms with E-state index in [-0.39, 0.29) is 28.1 Å². The Labute approximate surface area is 79.4 Å². The molecule has 0 aromatic heterocycles. The Bertz CT molecular complexity index is 29.7. The van der Waals surface area contributed by atoms with E-state index in [1.54, 1.807) is 0 Å². The summed E-state index contributed by atoms with van der Waals surface area (Å²) in [5.41, 5.74) is 4.39. The summed E-state index contributed by atoms with van der Waals surface area (Å²) in [6.07, 6.45) is 0.750. The van der Waals surface area contributed by atoms with Crippen molar-refractivity contribution >= 4 is 69.9 Å². The van der Waals surface area contributed by atoms with Gasteiger partial charge < -0.3 is 5.73 Å². The summed E-state index contributed by atoms with van der Waals surface area (Å²) in [7, 11) is 0. The van der Waals surface area contributed by atoms with Crippen LogP contribution in [0, 0.1) is 5.41 Å². The normalized spacial score (nSPS) is 4.29. The minimum absolute atomic E-state index is 0. The Balaban J connectivity index is -0.0000000400. The van der Waals surface area contributed by atoms with Gasteiger partial charge in [0.2, 0.25) is 0 Å². The van der Waals surface area contributed by atoms with Crippen molar-refractivity contribution in [3.05, 3.63) is 0 Å². The molecule has 0 rings (SSSR count). The molecule has 2 radical (unpaired) electrons. The second-order valence-electron chi connectivity index (χ2n) is 0.238. The molecule has 0 aliphatic heterocycles. The zero-order valence-corrected chi connectivity index (χ0v) is 12.3. The summed E-state index contributed by atoms with van der Waals surface area (Å²) in [5.74, 6) is 0. The zero-order valence-electron chi connectivity index (χ0n) is 3.32. The van der Waals surface area contributed by atoms with Crippen LogP contribution in [-0.4, -0.2) is 22.0 Å². The molecular formula is CH5ClI2N2Pb. The Kier molecular flexibility index (Phi) is 55.6. The number of nitrogens with two attached hydrogens (primary N) is 1. The first-order valence-electron chi connectivity index (χ1n) is 1.000. The van der Waals surface area contributed by atoms with Gasteiger partial charge in [-0.25, -0.2) is 0 Å². The summed E-state index contributed by atoms with van der Waals surface area (Å²) in [5, 5.41) is 5.86. The van der Waals surface area contributed by atoms with Crippen molar-refractivity contribution in [3.63, 3.8) is 0 Å². The molecule has 44 valence electrons. The number of rotatable bonds is 0. The van der Waals surface area contributed by atoms with Crippen LogP contribution in [0.25, 0.3) is 0 Å². The maximum atomic E-state index is 5.86. The molecule has 7 heavy (non-hydrogen) atoms. The van der Waals surface area contributed by atoms with Crippen LogP contribution < -0.4 is 5.73 Å². The van der Waals surface area contributed by atoms with Crippen LogP contribution in [0.15, 0.2) is 0 Å². The van der Waals surface area contributed by atoms with Gasteiger partial charge in [0.1, 0.15) is 0 Å². The third kappa shape index (κ3) is 66.9. The van der Waals surface area contributed by atoms with E-state index < -0.39 is 0 Å². The first kappa shape index (κ1) is 16.1. The molecule has 0 amide bonds. The topological polar surface area (TPSA) is 49.9 Å². The van der Waals surface area contributed by atoms with Gasteiger partial charge in [0.25, 0.3) is 0 Å². The molecule has 0 saturated heterocycles. The molecule has 2 nitrogen and oxygen atoms in total. The van der Waals surface area contributed by atoms with Crippen molar-refractivity contribution in [2.45, 2.75) is 0 Å². The molecular weight excluding hydrogens is 536 g/mol. The van der Waals surface area contributed by atoms with Crippen molar-refractivity contribution in [2.75, 3.05) is 0 Å². The molecule has 3 N–H and O–H groups in total. The molecule has 0 bridgehead atoms. The number of nitrogens with one attached hydrogen (secondary N) is 1. The van der Waals surface area contributed by atoms with Gasteiger partial charge in [-0.05, 0) is 0 Å². The second kappa shape index (κ2) is 24.2. The van der Waals surface area contributed by atoms with Crippen molar-refractivity contribution in [2.24, 2.45) is 5.73 Å². The predicted octanol–water partition coefficient (Wildman–Crippen LogP) is 1.36. The fraction of sp³-hybridized carbons (Fsp3) is 0. The van der Waals surface area contributed by atoms with Crippen molar-refractivity contribution in [1.82, 2.24) is 0 Å². The van der Waals surface area contributed by atoms with Crippen molar-refractivity contribution in [3.8, 4) is 0 Å². The van der Waals surface area contributed by atoms with E-state index in [9.17, 15) is 0 Å². The zero-order chi connectivity index (χ0) is 5.41. The Morgan fingerprint density at radius 2 is 1.57 bits per heavy atom. The number of halogens is 3. The van der Waals surface area contributed by atoms with Crippen LogP contribution in [-0.2, 0) is 0 Å². The van der Waals surface area contributed by atoms with Crippen LogP contribution in [0.5, 0.6) is 0 Å². The molecule has 6 heteroatoms. The Hall–Kier alpha value is 2.14. The van der Waals surface area contributed by atoms with E-state index in [1.807, 2.05) is 0 Å². The molecule has 0 unspecified atom stereocenters. The second-order valence-corrected chi connectivity index (χ2v) is 28.4. The van der Waals surface area contributed by atoms with Gasteiger partial charge in [-0.2, -0.15) is 0 Å². The molecule has 0 atom stereocenters. The third-order valence-corrected chi connectivity index (χ3v) is 0. The quantitative estimate of drug-likeness (QED) is 0.207. The summed E-state index contributed by atoms with van der Waals surface area (Å²) in [6, 6.07) is 0. The minimum atomic E-state index is 0. The van der Waals surface area contributed by atoms with Crippen LogP contribution in [0.4, 0.5) is 0 Å². The van der Waals surface area contributed by atoms with E-state index in [1.165, 1.54) is 0 Å². The average Bonchev–Trinajstić information content (AvgIpc) is 1.39. The van der Waals surface area contributed by atoms with Crippen molar-refractivity contribution in [1.29, 1.82) is 5.41 Å². The molecule has 0 heterocycles. The van der Waals surface area contributed by atoms with E-state index in [0.717, 1.165) is 6.34 Å². The van der Waals surface area contributed by atoms with Gasteiger partial charge in [-0.1, -0.05) is 0 Å². The van der Waals surface area contributed by atoms with Crippen molar-refractivity contribution < 1.29 is 0 Å². The fourth-order valence-electron chi connectivity index (χ4n) is 0. The molecule has 0 aliphatic rings. The molecule has 0 aromatic carbocycles. The van der Waals surface area contributed by atoms with Gasteiger partial charge in [0.15, 0.2) is 0 Å². The summed E-state index contributed by atoms with van der Waals surface area (Å²) in [4.78, 5) is 0. The molecule has 0 aliphatic carbocycles. The fourth-order valence-corrected chi connectivity index (χ4v) is 0. The molecule has 0 aromatic rings. The molecule has 0 spiro atoms. The average molecular weight is 542 g/mol. The SMILES string of the molecule is Cl.N=CN.[I][Pb][I]. The molecule has 0 saturated carbocycles. The monoisotopic (exact) mass is 542 g/mol. The van der Waals surface area contributed by atoms with Crippen LogP contribution in [0.3, 0.4) is 0 Å². The van der Waals surface area contributed by atoms with E-state index >= 15 is 0 Å². The van der Waals surface area contributed by atoms with Crippen LogP contribution in [0.1, 0.15) is 0 Å². The first-order valence-corrected chi connectivity index (χ1v) is 22.9. The third-order valence-electron chi connectivity index (χ3n) is 0. The summed E-state index contributed by atoms with van der Waals surface area (Å²) in [6.45, 7) is 0. The van der Waals surface area contributed by atoms with Gasteiger partial charge in [0, 0.05) is 0 Å². The maximum absolute atomic E-state index is 5.86. The first-order chi connectivity index (χ1) is 2.83. The number of hydrogen-bond acceptors (Lipinski definition) is 1.